The first-order chi connectivity index (χ1) is 12.5. The lowest BCUT2D eigenvalue weighted by Gasteiger charge is -2.35. The molecule has 0 aromatic carbocycles. The van der Waals surface area contributed by atoms with Crippen LogP contribution in [0.5, 0.6) is 0 Å². The number of nitrogens with zero attached hydrogens (tertiary/aromatic N) is 4. The molecule has 1 aliphatic rings. The Kier molecular flexibility index (Phi) is 8.45. The van der Waals surface area contributed by atoms with Crippen molar-refractivity contribution in [1.82, 2.24) is 19.7 Å². The Morgan fingerprint density at radius 3 is 2.65 bits per heavy atom. The first-order valence-electron chi connectivity index (χ1n) is 9.92. The number of aryl methyl sites for hydroxylation is 1. The van der Waals surface area contributed by atoms with Gasteiger partial charge in [0, 0.05) is 51.7 Å². The lowest BCUT2D eigenvalue weighted by molar-refractivity contribution is 0.0142. The summed E-state index contributed by atoms with van der Waals surface area (Å²) in [7, 11) is 4.20. The lowest BCUT2D eigenvalue weighted by atomic mass is 10.0. The molecule has 0 saturated carbocycles. The van der Waals surface area contributed by atoms with E-state index in [4.69, 9.17) is 9.73 Å². The van der Waals surface area contributed by atoms with E-state index >= 15 is 0 Å². The van der Waals surface area contributed by atoms with Crippen LogP contribution in [0.15, 0.2) is 23.3 Å². The summed E-state index contributed by atoms with van der Waals surface area (Å²) >= 11 is 0. The molecule has 0 radical (unpaired) electrons. The van der Waals surface area contributed by atoms with Crippen LogP contribution in [-0.4, -0.2) is 72.8 Å². The molecule has 6 heteroatoms. The van der Waals surface area contributed by atoms with Gasteiger partial charge in [0.2, 0.25) is 0 Å². The van der Waals surface area contributed by atoms with Gasteiger partial charge >= 0.3 is 0 Å². The molecule has 1 aromatic heterocycles. The monoisotopic (exact) mass is 363 g/mol. The summed E-state index contributed by atoms with van der Waals surface area (Å²) in [6.45, 7) is 13.0. The fourth-order valence-corrected chi connectivity index (χ4v) is 3.47. The van der Waals surface area contributed by atoms with Crippen molar-refractivity contribution in [1.29, 1.82) is 0 Å². The van der Waals surface area contributed by atoms with Crippen LogP contribution in [0.2, 0.25) is 0 Å². The highest BCUT2D eigenvalue weighted by Gasteiger charge is 2.22. The minimum absolute atomic E-state index is 0.482. The number of hydrogen-bond donors (Lipinski definition) is 1. The minimum atomic E-state index is 0.482. The maximum absolute atomic E-state index is 5.53. The zero-order chi connectivity index (χ0) is 18.9. The van der Waals surface area contributed by atoms with Crippen LogP contribution >= 0.6 is 0 Å². The summed E-state index contributed by atoms with van der Waals surface area (Å²) in [6, 6.07) is 4.73. The summed E-state index contributed by atoms with van der Waals surface area (Å²) in [5.41, 5.74) is 1.28. The predicted molar refractivity (Wildman–Crippen MR) is 108 cm³/mol. The van der Waals surface area contributed by atoms with Gasteiger partial charge in [0.1, 0.15) is 0 Å². The average Bonchev–Trinajstić information content (AvgIpc) is 3.02. The summed E-state index contributed by atoms with van der Waals surface area (Å²) in [5.74, 6) is 1.65. The highest BCUT2D eigenvalue weighted by Crippen LogP contribution is 2.14. The normalized spacial score (nSPS) is 17.5. The zero-order valence-corrected chi connectivity index (χ0v) is 17.2. The van der Waals surface area contributed by atoms with Crippen molar-refractivity contribution in [3.05, 3.63) is 24.0 Å². The highest BCUT2D eigenvalue weighted by molar-refractivity contribution is 5.79. The van der Waals surface area contributed by atoms with Crippen molar-refractivity contribution in [2.24, 2.45) is 18.0 Å². The van der Waals surface area contributed by atoms with Crippen molar-refractivity contribution < 1.29 is 4.74 Å². The second-order valence-electron chi connectivity index (χ2n) is 7.59. The van der Waals surface area contributed by atoms with Crippen molar-refractivity contribution in [3.63, 3.8) is 0 Å². The van der Waals surface area contributed by atoms with E-state index in [0.717, 1.165) is 51.9 Å². The standard InChI is InChI=1S/C20H37N5O/c1-6-21-20(24(5)16-18-8-7-9-23(18)4)22-15-19(14-17(2)3)25-10-12-26-13-11-25/h7-9,17,19H,6,10-16H2,1-5H3,(H,21,22). The number of ether oxygens (including phenoxy) is 1. The number of hydrogen-bond acceptors (Lipinski definition) is 3. The molecule has 0 bridgehead atoms. The van der Waals surface area contributed by atoms with Gasteiger partial charge in [0.05, 0.1) is 26.3 Å². The van der Waals surface area contributed by atoms with Crippen LogP contribution in [0.4, 0.5) is 0 Å². The number of aromatic nitrogens is 1. The molecular weight excluding hydrogens is 326 g/mol. The number of aliphatic imine (C=N–C) groups is 1. The molecule has 0 spiro atoms. The van der Waals surface area contributed by atoms with Crippen LogP contribution in [0.3, 0.4) is 0 Å². The maximum atomic E-state index is 5.53. The number of rotatable bonds is 8. The molecule has 1 aromatic rings. The van der Waals surface area contributed by atoms with E-state index < -0.39 is 0 Å². The molecule has 0 amide bonds. The van der Waals surface area contributed by atoms with Crippen LogP contribution in [0.1, 0.15) is 32.9 Å². The van der Waals surface area contributed by atoms with E-state index in [0.29, 0.717) is 12.0 Å². The molecule has 148 valence electrons. The Morgan fingerprint density at radius 1 is 1.35 bits per heavy atom. The van der Waals surface area contributed by atoms with Gasteiger partial charge in [-0.25, -0.2) is 0 Å². The van der Waals surface area contributed by atoms with E-state index in [-0.39, 0.29) is 0 Å². The van der Waals surface area contributed by atoms with Crippen molar-refractivity contribution in [2.45, 2.75) is 39.8 Å². The van der Waals surface area contributed by atoms with E-state index in [1.54, 1.807) is 0 Å². The van der Waals surface area contributed by atoms with E-state index in [2.05, 4.69) is 72.9 Å². The van der Waals surface area contributed by atoms with Gasteiger partial charge in [-0.3, -0.25) is 9.89 Å². The van der Waals surface area contributed by atoms with Crippen molar-refractivity contribution in [2.75, 3.05) is 46.4 Å². The Labute approximate surface area is 159 Å². The van der Waals surface area contributed by atoms with Crippen LogP contribution < -0.4 is 5.32 Å². The van der Waals surface area contributed by atoms with Gasteiger partial charge in [0.25, 0.3) is 0 Å². The Hall–Kier alpha value is -1.53. The third-order valence-corrected chi connectivity index (χ3v) is 4.90. The number of morpholine rings is 1. The third-order valence-electron chi connectivity index (χ3n) is 4.90. The molecule has 1 atom stereocenters. The van der Waals surface area contributed by atoms with Crippen molar-refractivity contribution in [3.8, 4) is 0 Å². The van der Waals surface area contributed by atoms with Gasteiger partial charge in [-0.2, -0.15) is 0 Å². The minimum Gasteiger partial charge on any atom is -0.379 e. The Bertz CT molecular complexity index is 548. The molecule has 0 aliphatic carbocycles. The molecule has 1 fully saturated rings. The van der Waals surface area contributed by atoms with E-state index in [9.17, 15) is 0 Å². The zero-order valence-electron chi connectivity index (χ0n) is 17.2. The maximum Gasteiger partial charge on any atom is 0.194 e. The van der Waals surface area contributed by atoms with Crippen LogP contribution in [0.25, 0.3) is 0 Å². The average molecular weight is 364 g/mol. The molecule has 6 nitrogen and oxygen atoms in total. The summed E-state index contributed by atoms with van der Waals surface area (Å²) in [4.78, 5) is 9.75. The van der Waals surface area contributed by atoms with Crippen LogP contribution in [0, 0.1) is 5.92 Å². The van der Waals surface area contributed by atoms with Crippen molar-refractivity contribution >= 4 is 5.96 Å². The fourth-order valence-electron chi connectivity index (χ4n) is 3.47. The molecule has 26 heavy (non-hydrogen) atoms. The fraction of sp³-hybridized carbons (Fsp3) is 0.750. The first-order valence-corrected chi connectivity index (χ1v) is 9.92. The SMILES string of the molecule is CCNC(=NCC(CC(C)C)N1CCOCC1)N(C)Cc1cccn1C. The first kappa shape index (κ1) is 20.8. The van der Waals surface area contributed by atoms with Gasteiger partial charge in [-0.15, -0.1) is 0 Å². The molecule has 2 rings (SSSR count). The quantitative estimate of drug-likeness (QED) is 0.568. The second kappa shape index (κ2) is 10.6. The largest absolute Gasteiger partial charge is 0.379 e. The van der Waals surface area contributed by atoms with E-state index in [1.165, 1.54) is 12.1 Å². The second-order valence-corrected chi connectivity index (χ2v) is 7.59. The number of guanidine groups is 1. The van der Waals surface area contributed by atoms with Gasteiger partial charge in [-0.05, 0) is 31.4 Å². The summed E-state index contributed by atoms with van der Waals surface area (Å²) in [6.07, 6.45) is 3.26. The Balaban J connectivity index is 2.04. The van der Waals surface area contributed by atoms with E-state index in [1.807, 2.05) is 0 Å². The third kappa shape index (κ3) is 6.32. The lowest BCUT2D eigenvalue weighted by Crippen LogP contribution is -2.46. The topological polar surface area (TPSA) is 45.0 Å². The summed E-state index contributed by atoms with van der Waals surface area (Å²) < 4.78 is 7.69. The van der Waals surface area contributed by atoms with Crippen LogP contribution in [-0.2, 0) is 18.3 Å². The highest BCUT2D eigenvalue weighted by atomic mass is 16.5. The Morgan fingerprint density at radius 2 is 2.08 bits per heavy atom. The summed E-state index contributed by atoms with van der Waals surface area (Å²) in [5, 5.41) is 3.45. The number of nitrogens with one attached hydrogen (secondary N) is 1. The molecule has 1 aliphatic heterocycles. The molecule has 1 N–H and O–H groups in total. The smallest absolute Gasteiger partial charge is 0.194 e. The molecule has 2 heterocycles. The van der Waals surface area contributed by atoms with Gasteiger partial charge < -0.3 is 19.5 Å². The van der Waals surface area contributed by atoms with Gasteiger partial charge in [-0.1, -0.05) is 13.8 Å². The molecular formula is C20H37N5O. The molecule has 1 saturated heterocycles. The predicted octanol–water partition coefficient (Wildman–Crippen LogP) is 2.17. The van der Waals surface area contributed by atoms with Gasteiger partial charge in [0.15, 0.2) is 5.96 Å². The molecule has 1 unspecified atom stereocenters.